The van der Waals surface area contributed by atoms with Gasteiger partial charge in [-0.15, -0.1) is 12.4 Å². The minimum Gasteiger partial charge on any atom is -0.494 e. The Morgan fingerprint density at radius 3 is 2.73 bits per heavy atom. The molecule has 0 aromatic heterocycles. The lowest BCUT2D eigenvalue weighted by Crippen LogP contribution is -2.27. The van der Waals surface area contributed by atoms with Gasteiger partial charge in [0.2, 0.25) is 5.91 Å². The van der Waals surface area contributed by atoms with Crippen LogP contribution in [-0.4, -0.2) is 31.0 Å². The Morgan fingerprint density at radius 2 is 2.00 bits per heavy atom. The highest BCUT2D eigenvalue weighted by atomic mass is 35.5. The maximum absolute atomic E-state index is 12.3. The number of hydrogen-bond acceptors (Lipinski definition) is 3. The minimum absolute atomic E-state index is 0. The Balaban J connectivity index is 0.00000243. The van der Waals surface area contributed by atoms with Gasteiger partial charge in [0.05, 0.1) is 6.61 Å². The van der Waals surface area contributed by atoms with Crippen LogP contribution in [0.1, 0.15) is 23.6 Å². The third-order valence-electron chi connectivity index (χ3n) is 4.33. The molecule has 1 aliphatic rings. The molecule has 5 heteroatoms. The van der Waals surface area contributed by atoms with Crippen LogP contribution in [0.15, 0.2) is 48.5 Å². The number of anilines is 1. The summed E-state index contributed by atoms with van der Waals surface area (Å²) in [6, 6.07) is 13.8. The van der Waals surface area contributed by atoms with Crippen LogP contribution in [0.25, 0.3) is 6.08 Å². The van der Waals surface area contributed by atoms with Crippen molar-refractivity contribution in [2.75, 3.05) is 25.5 Å². The predicted molar refractivity (Wildman–Crippen MR) is 109 cm³/mol. The molecule has 4 nitrogen and oxygen atoms in total. The zero-order valence-corrected chi connectivity index (χ0v) is 16.0. The fraction of sp³-hybridized carbons (Fsp3) is 0.286. The van der Waals surface area contributed by atoms with Gasteiger partial charge in [0.15, 0.2) is 0 Å². The van der Waals surface area contributed by atoms with Crippen LogP contribution >= 0.6 is 12.4 Å². The monoisotopic (exact) mass is 372 g/mol. The minimum atomic E-state index is -0.110. The lowest BCUT2D eigenvalue weighted by molar-refractivity contribution is -0.111. The number of likely N-dealkylation sites (N-methyl/N-ethyl adjacent to an activating group) is 1. The SMILES string of the molecule is CCOc1ccc(/C=C/C(=O)Nc2cccc3c2CCN(C)C3)cc1.Cl. The van der Waals surface area contributed by atoms with E-state index in [1.807, 2.05) is 49.4 Å². The van der Waals surface area contributed by atoms with E-state index in [9.17, 15) is 4.79 Å². The van der Waals surface area contributed by atoms with Crippen molar-refractivity contribution in [1.82, 2.24) is 4.90 Å². The van der Waals surface area contributed by atoms with Gasteiger partial charge in [-0.2, -0.15) is 0 Å². The van der Waals surface area contributed by atoms with Crippen molar-refractivity contribution in [2.24, 2.45) is 0 Å². The second-order valence-electron chi connectivity index (χ2n) is 6.26. The molecule has 1 N–H and O–H groups in total. The van der Waals surface area contributed by atoms with Gasteiger partial charge >= 0.3 is 0 Å². The molecule has 138 valence electrons. The van der Waals surface area contributed by atoms with Crippen molar-refractivity contribution in [1.29, 1.82) is 0 Å². The van der Waals surface area contributed by atoms with Gasteiger partial charge in [-0.25, -0.2) is 0 Å². The summed E-state index contributed by atoms with van der Waals surface area (Å²) in [5.74, 6) is 0.728. The summed E-state index contributed by atoms with van der Waals surface area (Å²) in [6.45, 7) is 4.55. The predicted octanol–water partition coefficient (Wildman–Crippen LogP) is 4.15. The largest absolute Gasteiger partial charge is 0.494 e. The van der Waals surface area contributed by atoms with E-state index in [0.29, 0.717) is 6.61 Å². The summed E-state index contributed by atoms with van der Waals surface area (Å²) >= 11 is 0. The van der Waals surface area contributed by atoms with Crippen LogP contribution in [0.3, 0.4) is 0 Å². The molecule has 3 rings (SSSR count). The van der Waals surface area contributed by atoms with E-state index < -0.39 is 0 Å². The van der Waals surface area contributed by atoms with Gasteiger partial charge in [0.25, 0.3) is 0 Å². The maximum Gasteiger partial charge on any atom is 0.248 e. The Labute approximate surface area is 161 Å². The van der Waals surface area contributed by atoms with Crippen LogP contribution in [0.5, 0.6) is 5.75 Å². The molecule has 0 saturated carbocycles. The van der Waals surface area contributed by atoms with E-state index >= 15 is 0 Å². The first-order valence-corrected chi connectivity index (χ1v) is 8.67. The van der Waals surface area contributed by atoms with Crippen LogP contribution in [-0.2, 0) is 17.8 Å². The third-order valence-corrected chi connectivity index (χ3v) is 4.33. The molecular weight excluding hydrogens is 348 g/mol. The van der Waals surface area contributed by atoms with Crippen LogP contribution < -0.4 is 10.1 Å². The van der Waals surface area contributed by atoms with Crippen LogP contribution in [0, 0.1) is 0 Å². The maximum atomic E-state index is 12.3. The molecule has 0 atom stereocenters. The van der Waals surface area contributed by atoms with Crippen molar-refractivity contribution >= 4 is 30.1 Å². The van der Waals surface area contributed by atoms with Crippen molar-refractivity contribution in [3.8, 4) is 5.75 Å². The number of nitrogens with one attached hydrogen (secondary N) is 1. The molecule has 2 aromatic rings. The molecule has 0 bridgehead atoms. The lowest BCUT2D eigenvalue weighted by atomic mass is 9.98. The molecule has 2 aromatic carbocycles. The molecule has 1 aliphatic heterocycles. The average molecular weight is 373 g/mol. The fourth-order valence-corrected chi connectivity index (χ4v) is 3.06. The highest BCUT2D eigenvalue weighted by Gasteiger charge is 2.16. The quantitative estimate of drug-likeness (QED) is 0.802. The summed E-state index contributed by atoms with van der Waals surface area (Å²) in [5, 5.41) is 3.02. The number of amides is 1. The number of fused-ring (bicyclic) bond motifs is 1. The van der Waals surface area contributed by atoms with Gasteiger partial charge in [-0.05, 0) is 61.4 Å². The summed E-state index contributed by atoms with van der Waals surface area (Å²) < 4.78 is 5.42. The highest BCUT2D eigenvalue weighted by molar-refractivity contribution is 6.02. The average Bonchev–Trinajstić information content (AvgIpc) is 2.61. The van der Waals surface area contributed by atoms with E-state index in [1.165, 1.54) is 11.1 Å². The Bertz CT molecular complexity index is 772. The molecule has 0 spiro atoms. The number of nitrogens with zero attached hydrogens (tertiary/aromatic N) is 1. The van der Waals surface area contributed by atoms with E-state index in [2.05, 4.69) is 23.3 Å². The number of carbonyl (C=O) groups excluding carboxylic acids is 1. The second-order valence-corrected chi connectivity index (χ2v) is 6.26. The second kappa shape index (κ2) is 9.41. The topological polar surface area (TPSA) is 41.6 Å². The Morgan fingerprint density at radius 1 is 1.23 bits per heavy atom. The highest BCUT2D eigenvalue weighted by Crippen LogP contribution is 2.25. The molecule has 0 radical (unpaired) electrons. The van der Waals surface area contributed by atoms with Crippen LogP contribution in [0.2, 0.25) is 0 Å². The van der Waals surface area contributed by atoms with E-state index in [-0.39, 0.29) is 18.3 Å². The van der Waals surface area contributed by atoms with Crippen molar-refractivity contribution in [3.05, 3.63) is 65.2 Å². The van der Waals surface area contributed by atoms with Gasteiger partial charge in [0, 0.05) is 24.9 Å². The van der Waals surface area contributed by atoms with Crippen molar-refractivity contribution in [2.45, 2.75) is 19.9 Å². The first kappa shape index (κ1) is 20.0. The number of benzene rings is 2. The standard InChI is InChI=1S/C21H24N2O2.ClH/c1-3-25-18-10-7-16(8-11-18)9-12-21(24)22-20-6-4-5-17-15-23(2)14-13-19(17)20;/h4-12H,3,13-15H2,1-2H3,(H,22,24);1H/b12-9+;. The zero-order valence-electron chi connectivity index (χ0n) is 15.2. The number of rotatable bonds is 5. The Kier molecular flexibility index (Phi) is 7.25. The number of hydrogen-bond donors (Lipinski definition) is 1. The van der Waals surface area contributed by atoms with Crippen LogP contribution in [0.4, 0.5) is 5.69 Å². The van der Waals surface area contributed by atoms with Gasteiger partial charge < -0.3 is 15.0 Å². The zero-order chi connectivity index (χ0) is 17.6. The Hall–Kier alpha value is -2.30. The summed E-state index contributed by atoms with van der Waals surface area (Å²) in [7, 11) is 2.12. The first-order valence-electron chi connectivity index (χ1n) is 8.67. The molecule has 0 fully saturated rings. The molecule has 0 saturated heterocycles. The molecular formula is C21H25ClN2O2. The lowest BCUT2D eigenvalue weighted by Gasteiger charge is -2.26. The van der Waals surface area contributed by atoms with Gasteiger partial charge in [-0.1, -0.05) is 24.3 Å². The van der Waals surface area contributed by atoms with E-state index in [1.54, 1.807) is 6.08 Å². The number of carbonyl (C=O) groups is 1. The van der Waals surface area contributed by atoms with Crippen molar-refractivity contribution < 1.29 is 9.53 Å². The van der Waals surface area contributed by atoms with Gasteiger partial charge in [-0.3, -0.25) is 4.79 Å². The smallest absolute Gasteiger partial charge is 0.248 e. The number of ether oxygens (including phenoxy) is 1. The van der Waals surface area contributed by atoms with Crippen molar-refractivity contribution in [3.63, 3.8) is 0 Å². The molecule has 1 heterocycles. The first-order chi connectivity index (χ1) is 12.2. The van der Waals surface area contributed by atoms with E-state index in [0.717, 1.165) is 36.5 Å². The number of halogens is 1. The molecule has 0 unspecified atom stereocenters. The summed E-state index contributed by atoms with van der Waals surface area (Å²) in [6.07, 6.45) is 4.35. The van der Waals surface area contributed by atoms with E-state index in [4.69, 9.17) is 4.74 Å². The third kappa shape index (κ3) is 5.10. The van der Waals surface area contributed by atoms with Gasteiger partial charge in [0.1, 0.15) is 5.75 Å². The molecule has 26 heavy (non-hydrogen) atoms. The normalized spacial score (nSPS) is 13.8. The molecule has 0 aliphatic carbocycles. The molecule has 1 amide bonds. The summed E-state index contributed by atoms with van der Waals surface area (Å²) in [4.78, 5) is 14.6. The summed E-state index contributed by atoms with van der Waals surface area (Å²) in [5.41, 5.74) is 4.44. The fourth-order valence-electron chi connectivity index (χ4n) is 3.06.